The van der Waals surface area contributed by atoms with Crippen LogP contribution in [0.25, 0.3) is 0 Å². The van der Waals surface area contributed by atoms with E-state index in [-0.39, 0.29) is 10.6 Å². The number of amides is 1. The SMILES string of the molecule is CC(=O)ONC(=O)c1cc(Br)ccc1Cl. The summed E-state index contributed by atoms with van der Waals surface area (Å²) < 4.78 is 0.708. The molecule has 1 rings (SSSR count). The van der Waals surface area contributed by atoms with Crippen LogP contribution in [0.3, 0.4) is 0 Å². The summed E-state index contributed by atoms with van der Waals surface area (Å²) in [6.07, 6.45) is 0. The molecule has 0 bridgehead atoms. The number of rotatable bonds is 1. The lowest BCUT2D eigenvalue weighted by molar-refractivity contribution is -0.146. The summed E-state index contributed by atoms with van der Waals surface area (Å²) in [5.41, 5.74) is 2.20. The van der Waals surface area contributed by atoms with Crippen LogP contribution in [0.1, 0.15) is 17.3 Å². The van der Waals surface area contributed by atoms with Gasteiger partial charge in [-0.25, -0.2) is 0 Å². The number of hydrogen-bond acceptors (Lipinski definition) is 3. The van der Waals surface area contributed by atoms with Crippen LogP contribution in [0, 0.1) is 0 Å². The second-order valence-corrected chi connectivity index (χ2v) is 3.97. The minimum atomic E-state index is -0.602. The van der Waals surface area contributed by atoms with Gasteiger partial charge >= 0.3 is 5.97 Å². The zero-order valence-corrected chi connectivity index (χ0v) is 10.1. The van der Waals surface area contributed by atoms with Crippen LogP contribution in [-0.2, 0) is 9.63 Å². The average molecular weight is 293 g/mol. The lowest BCUT2D eigenvalue weighted by Crippen LogP contribution is -2.26. The van der Waals surface area contributed by atoms with E-state index in [0.717, 1.165) is 0 Å². The third-order valence-corrected chi connectivity index (χ3v) is 2.28. The van der Waals surface area contributed by atoms with Crippen molar-refractivity contribution < 1.29 is 14.4 Å². The molecule has 0 aromatic heterocycles. The van der Waals surface area contributed by atoms with Crippen molar-refractivity contribution in [3.63, 3.8) is 0 Å². The predicted octanol–water partition coefficient (Wildman–Crippen LogP) is 2.31. The normalized spacial score (nSPS) is 9.53. The van der Waals surface area contributed by atoms with Gasteiger partial charge in [-0.15, -0.1) is 0 Å². The van der Waals surface area contributed by atoms with Crippen LogP contribution in [-0.4, -0.2) is 11.9 Å². The molecule has 0 unspecified atom stereocenters. The molecule has 0 heterocycles. The Morgan fingerprint density at radius 3 is 2.73 bits per heavy atom. The van der Waals surface area contributed by atoms with E-state index in [1.807, 2.05) is 5.48 Å². The van der Waals surface area contributed by atoms with Crippen LogP contribution in [0.5, 0.6) is 0 Å². The molecule has 0 spiro atoms. The molecule has 0 radical (unpaired) electrons. The largest absolute Gasteiger partial charge is 0.341 e. The van der Waals surface area contributed by atoms with Gasteiger partial charge in [0.25, 0.3) is 5.91 Å². The van der Waals surface area contributed by atoms with Gasteiger partial charge in [-0.3, -0.25) is 9.59 Å². The lowest BCUT2D eigenvalue weighted by atomic mass is 10.2. The van der Waals surface area contributed by atoms with E-state index in [4.69, 9.17) is 11.6 Å². The Balaban J connectivity index is 2.81. The fourth-order valence-corrected chi connectivity index (χ4v) is 1.41. The van der Waals surface area contributed by atoms with Crippen LogP contribution in [0.4, 0.5) is 0 Å². The highest BCUT2D eigenvalue weighted by Crippen LogP contribution is 2.20. The average Bonchev–Trinajstić information content (AvgIpc) is 2.18. The molecule has 1 amide bonds. The lowest BCUT2D eigenvalue weighted by Gasteiger charge is -2.05. The second-order valence-electron chi connectivity index (χ2n) is 2.65. The molecule has 80 valence electrons. The first-order chi connectivity index (χ1) is 7.00. The second kappa shape index (κ2) is 5.14. The van der Waals surface area contributed by atoms with Gasteiger partial charge in [0.1, 0.15) is 0 Å². The molecule has 6 heteroatoms. The van der Waals surface area contributed by atoms with Crippen molar-refractivity contribution in [1.82, 2.24) is 5.48 Å². The molecular weight excluding hydrogens is 285 g/mol. The van der Waals surface area contributed by atoms with Crippen LogP contribution in [0.2, 0.25) is 5.02 Å². The molecule has 0 saturated heterocycles. The molecule has 1 N–H and O–H groups in total. The Labute approximate surface area is 99.6 Å². The Morgan fingerprint density at radius 2 is 2.13 bits per heavy atom. The zero-order valence-electron chi connectivity index (χ0n) is 7.71. The number of carbonyl (C=O) groups is 2. The third-order valence-electron chi connectivity index (χ3n) is 1.46. The number of halogens is 2. The molecule has 0 saturated carbocycles. The molecule has 0 atom stereocenters. The van der Waals surface area contributed by atoms with Crippen molar-refractivity contribution in [2.45, 2.75) is 6.92 Å². The van der Waals surface area contributed by atoms with Crippen LogP contribution < -0.4 is 5.48 Å². The number of benzene rings is 1. The Hall–Kier alpha value is -1.07. The number of nitrogens with one attached hydrogen (secondary N) is 1. The van der Waals surface area contributed by atoms with Gasteiger partial charge in [0, 0.05) is 11.4 Å². The maximum atomic E-state index is 11.4. The van der Waals surface area contributed by atoms with Gasteiger partial charge in [0.05, 0.1) is 10.6 Å². The topological polar surface area (TPSA) is 55.4 Å². The molecule has 0 aliphatic rings. The van der Waals surface area contributed by atoms with Gasteiger partial charge in [-0.05, 0) is 18.2 Å². The first-order valence-corrected chi connectivity index (χ1v) is 5.10. The van der Waals surface area contributed by atoms with Gasteiger partial charge in [0.2, 0.25) is 0 Å². The smallest absolute Gasteiger partial charge is 0.329 e. The van der Waals surface area contributed by atoms with Crippen molar-refractivity contribution in [1.29, 1.82) is 0 Å². The standard InChI is InChI=1S/C9H7BrClNO3/c1-5(13)15-12-9(14)7-4-6(10)2-3-8(7)11/h2-4H,1H3,(H,12,14). The Kier molecular flexibility index (Phi) is 4.11. The van der Waals surface area contributed by atoms with E-state index >= 15 is 0 Å². The molecule has 0 aliphatic heterocycles. The van der Waals surface area contributed by atoms with Crippen molar-refractivity contribution in [2.24, 2.45) is 0 Å². The van der Waals surface area contributed by atoms with Gasteiger partial charge in [-0.2, -0.15) is 5.48 Å². The van der Waals surface area contributed by atoms with Gasteiger partial charge in [-0.1, -0.05) is 27.5 Å². The minimum absolute atomic E-state index is 0.229. The third kappa shape index (κ3) is 3.53. The molecule has 1 aromatic rings. The molecule has 15 heavy (non-hydrogen) atoms. The van der Waals surface area contributed by atoms with E-state index < -0.39 is 11.9 Å². The highest BCUT2D eigenvalue weighted by atomic mass is 79.9. The summed E-state index contributed by atoms with van der Waals surface area (Å²) in [7, 11) is 0. The molecular formula is C9H7BrClNO3. The van der Waals surface area contributed by atoms with Crippen molar-refractivity contribution >= 4 is 39.4 Å². The van der Waals surface area contributed by atoms with E-state index in [2.05, 4.69) is 20.8 Å². The first kappa shape index (κ1) is 12.0. The van der Waals surface area contributed by atoms with Crippen LogP contribution in [0.15, 0.2) is 22.7 Å². The summed E-state index contributed by atoms with van der Waals surface area (Å²) in [6.45, 7) is 1.18. The highest BCUT2D eigenvalue weighted by Gasteiger charge is 2.11. The van der Waals surface area contributed by atoms with Crippen molar-refractivity contribution in [3.8, 4) is 0 Å². The molecule has 1 aromatic carbocycles. The quantitative estimate of drug-likeness (QED) is 0.808. The summed E-state index contributed by atoms with van der Waals surface area (Å²) in [6, 6.07) is 4.79. The van der Waals surface area contributed by atoms with E-state index in [9.17, 15) is 9.59 Å². The minimum Gasteiger partial charge on any atom is -0.341 e. The maximum Gasteiger partial charge on any atom is 0.329 e. The monoisotopic (exact) mass is 291 g/mol. The summed E-state index contributed by atoms with van der Waals surface area (Å²) in [5, 5.41) is 0.280. The fraction of sp³-hybridized carbons (Fsp3) is 0.111. The zero-order chi connectivity index (χ0) is 11.4. The van der Waals surface area contributed by atoms with Crippen LogP contribution >= 0.6 is 27.5 Å². The summed E-state index contributed by atoms with van der Waals surface area (Å²) in [4.78, 5) is 26.2. The molecule has 4 nitrogen and oxygen atoms in total. The number of hydrogen-bond donors (Lipinski definition) is 1. The van der Waals surface area contributed by atoms with Crippen molar-refractivity contribution in [2.75, 3.05) is 0 Å². The summed E-state index contributed by atoms with van der Waals surface area (Å²) in [5.74, 6) is -1.18. The number of hydroxylamine groups is 1. The number of carbonyl (C=O) groups excluding carboxylic acids is 2. The fourth-order valence-electron chi connectivity index (χ4n) is 0.845. The Morgan fingerprint density at radius 1 is 1.47 bits per heavy atom. The van der Waals surface area contributed by atoms with Crippen molar-refractivity contribution in [3.05, 3.63) is 33.3 Å². The van der Waals surface area contributed by atoms with Gasteiger partial charge in [0.15, 0.2) is 0 Å². The van der Waals surface area contributed by atoms with E-state index in [1.165, 1.54) is 13.0 Å². The maximum absolute atomic E-state index is 11.4. The Bertz CT molecular complexity index is 408. The van der Waals surface area contributed by atoms with Gasteiger partial charge < -0.3 is 4.84 Å². The molecule has 0 fully saturated rings. The molecule has 0 aliphatic carbocycles. The predicted molar refractivity (Wildman–Crippen MR) is 58.4 cm³/mol. The summed E-state index contributed by atoms with van der Waals surface area (Å²) >= 11 is 8.98. The van der Waals surface area contributed by atoms with E-state index in [0.29, 0.717) is 4.47 Å². The van der Waals surface area contributed by atoms with E-state index in [1.54, 1.807) is 12.1 Å². The highest BCUT2D eigenvalue weighted by molar-refractivity contribution is 9.10. The first-order valence-electron chi connectivity index (χ1n) is 3.93.